The van der Waals surface area contributed by atoms with Crippen LogP contribution in [0.25, 0.3) is 0 Å². The van der Waals surface area contributed by atoms with Gasteiger partial charge in [0.05, 0.1) is 0 Å². The fourth-order valence-corrected chi connectivity index (χ4v) is 3.77. The summed E-state index contributed by atoms with van der Waals surface area (Å²) in [6, 6.07) is 2.11. The van der Waals surface area contributed by atoms with Gasteiger partial charge in [-0.3, -0.25) is 4.90 Å². The molecule has 106 valence electrons. The number of hydrogen-bond donors (Lipinski definition) is 1. The van der Waals surface area contributed by atoms with Gasteiger partial charge < -0.3 is 10.2 Å². The van der Waals surface area contributed by atoms with Crippen molar-refractivity contribution >= 4 is 0 Å². The van der Waals surface area contributed by atoms with Gasteiger partial charge >= 0.3 is 0 Å². The lowest BCUT2D eigenvalue weighted by Crippen LogP contribution is -2.58. The first kappa shape index (κ1) is 14.3. The summed E-state index contributed by atoms with van der Waals surface area (Å²) in [5, 5.41) is 3.75. The number of rotatable bonds is 3. The Hall–Kier alpha value is -0.120. The normalized spacial score (nSPS) is 38.2. The van der Waals surface area contributed by atoms with Crippen molar-refractivity contribution in [2.24, 2.45) is 5.41 Å². The zero-order chi connectivity index (χ0) is 13.3. The van der Waals surface area contributed by atoms with Gasteiger partial charge in [-0.15, -0.1) is 0 Å². The third kappa shape index (κ3) is 2.73. The fourth-order valence-electron chi connectivity index (χ4n) is 3.77. The summed E-state index contributed by atoms with van der Waals surface area (Å²) < 4.78 is 0. The summed E-state index contributed by atoms with van der Waals surface area (Å²) in [6.07, 6.45) is 2.72. The van der Waals surface area contributed by atoms with Crippen LogP contribution in [-0.4, -0.2) is 61.2 Å². The van der Waals surface area contributed by atoms with Gasteiger partial charge in [0.1, 0.15) is 0 Å². The molecule has 0 aromatic rings. The van der Waals surface area contributed by atoms with E-state index in [0.29, 0.717) is 17.5 Å². The first-order chi connectivity index (χ1) is 8.45. The van der Waals surface area contributed by atoms with Gasteiger partial charge in [0, 0.05) is 37.8 Å². The molecule has 3 unspecified atom stereocenters. The molecule has 0 bridgehead atoms. The van der Waals surface area contributed by atoms with E-state index in [-0.39, 0.29) is 0 Å². The summed E-state index contributed by atoms with van der Waals surface area (Å²) in [6.45, 7) is 14.2. The van der Waals surface area contributed by atoms with E-state index in [1.54, 1.807) is 0 Å². The molecule has 18 heavy (non-hydrogen) atoms. The topological polar surface area (TPSA) is 18.5 Å². The molecule has 1 saturated heterocycles. The van der Waals surface area contributed by atoms with E-state index in [1.807, 2.05) is 0 Å². The third-order valence-electron chi connectivity index (χ3n) is 5.20. The van der Waals surface area contributed by atoms with Crippen LogP contribution in [0.4, 0.5) is 0 Å². The van der Waals surface area contributed by atoms with Gasteiger partial charge in [0.2, 0.25) is 0 Å². The highest BCUT2D eigenvalue weighted by Crippen LogP contribution is 2.40. The largest absolute Gasteiger partial charge is 0.312 e. The Morgan fingerprint density at radius 2 is 2.00 bits per heavy atom. The fraction of sp³-hybridized carbons (Fsp3) is 1.00. The second-order valence-electron chi connectivity index (χ2n) is 6.95. The molecule has 0 spiro atoms. The quantitative estimate of drug-likeness (QED) is 0.827. The van der Waals surface area contributed by atoms with Crippen molar-refractivity contribution in [2.45, 2.75) is 58.7 Å². The van der Waals surface area contributed by atoms with Crippen molar-refractivity contribution in [3.8, 4) is 0 Å². The van der Waals surface area contributed by atoms with Gasteiger partial charge in [0.25, 0.3) is 0 Å². The van der Waals surface area contributed by atoms with E-state index in [2.05, 4.69) is 49.9 Å². The molecule has 1 aliphatic heterocycles. The molecule has 0 aromatic heterocycles. The molecule has 1 aliphatic carbocycles. The van der Waals surface area contributed by atoms with Crippen LogP contribution < -0.4 is 5.32 Å². The van der Waals surface area contributed by atoms with Crippen molar-refractivity contribution in [3.05, 3.63) is 0 Å². The monoisotopic (exact) mass is 253 g/mol. The molecule has 2 aliphatic rings. The van der Waals surface area contributed by atoms with Crippen molar-refractivity contribution in [2.75, 3.05) is 33.2 Å². The molecule has 0 aromatic carbocycles. The predicted octanol–water partition coefficient (Wildman–Crippen LogP) is 1.79. The molecule has 3 atom stereocenters. The Labute approximate surface area is 113 Å². The summed E-state index contributed by atoms with van der Waals surface area (Å²) in [5.41, 5.74) is 0.452. The van der Waals surface area contributed by atoms with Crippen LogP contribution in [0.1, 0.15) is 40.5 Å². The molecule has 2 fully saturated rings. The first-order valence-electron chi connectivity index (χ1n) is 7.63. The Morgan fingerprint density at radius 1 is 1.28 bits per heavy atom. The molecule has 0 amide bonds. The minimum Gasteiger partial charge on any atom is -0.312 e. The van der Waals surface area contributed by atoms with Gasteiger partial charge in [-0.1, -0.05) is 20.8 Å². The van der Waals surface area contributed by atoms with Crippen molar-refractivity contribution in [1.29, 1.82) is 0 Å². The lowest BCUT2D eigenvalue weighted by atomic mass is 9.86. The number of likely N-dealkylation sites (N-methyl/N-ethyl adjacent to an activating group) is 2. The number of nitrogens with zero attached hydrogens (tertiary/aromatic N) is 2. The average molecular weight is 253 g/mol. The molecule has 1 heterocycles. The maximum absolute atomic E-state index is 3.75. The third-order valence-corrected chi connectivity index (χ3v) is 5.20. The minimum atomic E-state index is 0.452. The summed E-state index contributed by atoms with van der Waals surface area (Å²) in [5.74, 6) is 0. The molecule has 1 saturated carbocycles. The minimum absolute atomic E-state index is 0.452. The molecule has 0 radical (unpaired) electrons. The predicted molar refractivity (Wildman–Crippen MR) is 77.9 cm³/mol. The van der Waals surface area contributed by atoms with Crippen molar-refractivity contribution in [3.63, 3.8) is 0 Å². The summed E-state index contributed by atoms with van der Waals surface area (Å²) in [4.78, 5) is 5.23. The summed E-state index contributed by atoms with van der Waals surface area (Å²) in [7, 11) is 2.25. The number of piperazine rings is 1. The van der Waals surface area contributed by atoms with E-state index < -0.39 is 0 Å². The van der Waals surface area contributed by atoms with Crippen molar-refractivity contribution in [1.82, 2.24) is 15.1 Å². The maximum Gasteiger partial charge on any atom is 0.0274 e. The molecule has 2 rings (SSSR count). The Bertz CT molecular complexity index is 277. The molecular formula is C15H31N3. The van der Waals surface area contributed by atoms with E-state index in [1.165, 1.54) is 32.5 Å². The van der Waals surface area contributed by atoms with E-state index >= 15 is 0 Å². The SMILES string of the molecule is CCNC1C(N2CCN(C)C(C)C2)CCC1(C)C. The Morgan fingerprint density at radius 3 is 2.61 bits per heavy atom. The van der Waals surface area contributed by atoms with E-state index in [0.717, 1.165) is 12.6 Å². The smallest absolute Gasteiger partial charge is 0.0274 e. The molecule has 3 nitrogen and oxygen atoms in total. The lowest BCUT2D eigenvalue weighted by molar-refractivity contribution is 0.0562. The van der Waals surface area contributed by atoms with Gasteiger partial charge in [0.15, 0.2) is 0 Å². The van der Waals surface area contributed by atoms with Crippen LogP contribution in [0.5, 0.6) is 0 Å². The highest BCUT2D eigenvalue weighted by Gasteiger charge is 2.44. The van der Waals surface area contributed by atoms with E-state index in [9.17, 15) is 0 Å². The lowest BCUT2D eigenvalue weighted by Gasteiger charge is -2.44. The highest BCUT2D eigenvalue weighted by molar-refractivity contribution is 5.02. The molecular weight excluding hydrogens is 222 g/mol. The standard InChI is InChI=1S/C15H31N3/c1-6-16-14-13(7-8-15(14,3)4)18-10-9-17(5)12(2)11-18/h12-14,16H,6-11H2,1-5H3. The van der Waals surface area contributed by atoms with E-state index in [4.69, 9.17) is 0 Å². The van der Waals surface area contributed by atoms with Crippen LogP contribution in [0.3, 0.4) is 0 Å². The summed E-state index contributed by atoms with van der Waals surface area (Å²) >= 11 is 0. The van der Waals surface area contributed by atoms with Crippen LogP contribution in [0.2, 0.25) is 0 Å². The second-order valence-corrected chi connectivity index (χ2v) is 6.95. The number of nitrogens with one attached hydrogen (secondary N) is 1. The average Bonchev–Trinajstić information content (AvgIpc) is 2.60. The Kier molecular flexibility index (Phi) is 4.35. The van der Waals surface area contributed by atoms with Crippen LogP contribution in [0, 0.1) is 5.41 Å². The maximum atomic E-state index is 3.75. The van der Waals surface area contributed by atoms with Crippen molar-refractivity contribution < 1.29 is 0 Å². The zero-order valence-corrected chi connectivity index (χ0v) is 12.9. The second kappa shape index (κ2) is 5.48. The zero-order valence-electron chi connectivity index (χ0n) is 12.9. The van der Waals surface area contributed by atoms with Gasteiger partial charge in [-0.2, -0.15) is 0 Å². The van der Waals surface area contributed by atoms with Gasteiger partial charge in [-0.25, -0.2) is 0 Å². The molecule has 1 N–H and O–H groups in total. The van der Waals surface area contributed by atoms with Crippen LogP contribution >= 0.6 is 0 Å². The Balaban J connectivity index is 2.03. The van der Waals surface area contributed by atoms with Crippen LogP contribution in [-0.2, 0) is 0 Å². The highest BCUT2D eigenvalue weighted by atomic mass is 15.3. The number of hydrogen-bond acceptors (Lipinski definition) is 3. The van der Waals surface area contributed by atoms with Crippen LogP contribution in [0.15, 0.2) is 0 Å². The first-order valence-corrected chi connectivity index (χ1v) is 7.63. The molecule has 3 heteroatoms. The van der Waals surface area contributed by atoms with Gasteiger partial charge in [-0.05, 0) is 38.8 Å².